The molecule has 9 heteroatoms. The lowest BCUT2D eigenvalue weighted by atomic mass is 9.78. The second kappa shape index (κ2) is 7.83. The van der Waals surface area contributed by atoms with Crippen molar-refractivity contribution in [2.75, 3.05) is 0 Å². The fourth-order valence-electron chi connectivity index (χ4n) is 3.14. The van der Waals surface area contributed by atoms with E-state index >= 15 is 0 Å². The second-order valence-electron chi connectivity index (χ2n) is 6.46. The summed E-state index contributed by atoms with van der Waals surface area (Å²) in [5.74, 6) is 2.43. The van der Waals surface area contributed by atoms with Crippen LogP contribution in [0.1, 0.15) is 34.3 Å². The van der Waals surface area contributed by atoms with Crippen LogP contribution in [0.3, 0.4) is 0 Å². The zero-order chi connectivity index (χ0) is 20.3. The summed E-state index contributed by atoms with van der Waals surface area (Å²) in [5.41, 5.74) is 1.18. The van der Waals surface area contributed by atoms with Crippen molar-refractivity contribution in [2.24, 2.45) is 5.84 Å². The summed E-state index contributed by atoms with van der Waals surface area (Å²) in [7, 11) is 0. The van der Waals surface area contributed by atoms with Crippen molar-refractivity contribution in [1.29, 1.82) is 0 Å². The molecular weight excluding hydrogens is 368 g/mol. The number of carbonyl (C=O) groups is 1. The number of benzene rings is 2. The van der Waals surface area contributed by atoms with Crippen molar-refractivity contribution < 1.29 is 18.7 Å². The molecule has 0 saturated heterocycles. The van der Waals surface area contributed by atoms with Gasteiger partial charge in [0, 0.05) is 23.1 Å². The van der Waals surface area contributed by atoms with Gasteiger partial charge in [0.1, 0.15) is 29.9 Å². The van der Waals surface area contributed by atoms with Crippen molar-refractivity contribution in [3.8, 4) is 0 Å². The molecule has 28 heavy (non-hydrogen) atoms. The zero-order valence-corrected chi connectivity index (χ0v) is 15.0. The molecule has 3 aromatic rings. The van der Waals surface area contributed by atoms with Crippen LogP contribution in [0.4, 0.5) is 8.78 Å². The summed E-state index contributed by atoms with van der Waals surface area (Å²) in [6, 6.07) is 9.41. The van der Waals surface area contributed by atoms with E-state index in [1.54, 1.807) is 31.2 Å². The monoisotopic (exact) mass is 387 g/mol. The van der Waals surface area contributed by atoms with Crippen molar-refractivity contribution >= 4 is 5.91 Å². The second-order valence-corrected chi connectivity index (χ2v) is 6.46. The van der Waals surface area contributed by atoms with Crippen LogP contribution < -0.4 is 11.3 Å². The Morgan fingerprint density at radius 3 is 2.57 bits per heavy atom. The van der Waals surface area contributed by atoms with Gasteiger partial charge in [-0.3, -0.25) is 10.2 Å². The number of aromatic nitrogens is 3. The maximum absolute atomic E-state index is 14.6. The Morgan fingerprint density at radius 2 is 2.00 bits per heavy atom. The normalized spacial score (nSPS) is 14.3. The van der Waals surface area contributed by atoms with Crippen LogP contribution in [-0.4, -0.2) is 25.8 Å². The van der Waals surface area contributed by atoms with E-state index in [2.05, 4.69) is 10.1 Å². The molecule has 0 radical (unpaired) electrons. The van der Waals surface area contributed by atoms with Crippen LogP contribution in [0.2, 0.25) is 0 Å². The lowest BCUT2D eigenvalue weighted by Crippen LogP contribution is -2.38. The number of nitrogens with zero attached hydrogens (tertiary/aromatic N) is 3. The van der Waals surface area contributed by atoms with E-state index in [0.717, 1.165) is 12.1 Å². The van der Waals surface area contributed by atoms with Crippen LogP contribution in [0.25, 0.3) is 0 Å². The van der Waals surface area contributed by atoms with E-state index in [9.17, 15) is 18.7 Å². The fourth-order valence-corrected chi connectivity index (χ4v) is 3.14. The Bertz CT molecular complexity index is 963. The average Bonchev–Trinajstić information content (AvgIpc) is 3.19. The summed E-state index contributed by atoms with van der Waals surface area (Å²) >= 11 is 0. The van der Waals surface area contributed by atoms with E-state index < -0.39 is 29.1 Å². The predicted octanol–water partition coefficient (Wildman–Crippen LogP) is 1.85. The number of nitrogens with one attached hydrogen (secondary N) is 1. The highest BCUT2D eigenvalue weighted by Crippen LogP contribution is 2.39. The van der Waals surface area contributed by atoms with Gasteiger partial charge in [0.15, 0.2) is 0 Å². The molecule has 0 aliphatic carbocycles. The number of hydrazine groups is 1. The standard InChI is InChI=1S/C19H19F2N5O2/c1-12(13-2-4-14(5-3-13)18(27)25-22)19(28,9-26-11-23-10-24-26)16-7-6-15(20)8-17(16)21/h2-8,10-12,28H,9,22H2,1H3,(H,25,27). The third-order valence-electron chi connectivity index (χ3n) is 4.79. The molecule has 2 unspecified atom stereocenters. The number of halogens is 2. The molecule has 3 rings (SSSR count). The minimum Gasteiger partial charge on any atom is -0.382 e. The molecule has 0 aliphatic rings. The van der Waals surface area contributed by atoms with E-state index in [4.69, 9.17) is 5.84 Å². The first-order chi connectivity index (χ1) is 13.3. The Balaban J connectivity index is 2.04. The highest BCUT2D eigenvalue weighted by molar-refractivity contribution is 5.93. The fraction of sp³-hybridized carbons (Fsp3) is 0.211. The summed E-state index contributed by atoms with van der Waals surface area (Å²) in [6.45, 7) is 1.60. The highest BCUT2D eigenvalue weighted by atomic mass is 19.1. The Kier molecular flexibility index (Phi) is 5.48. The maximum atomic E-state index is 14.6. The van der Waals surface area contributed by atoms with Gasteiger partial charge in [0.2, 0.25) is 0 Å². The first kappa shape index (κ1) is 19.6. The first-order valence-corrected chi connectivity index (χ1v) is 8.46. The minimum absolute atomic E-state index is 0.0688. The van der Waals surface area contributed by atoms with Gasteiger partial charge >= 0.3 is 0 Å². The molecule has 0 fully saturated rings. The highest BCUT2D eigenvalue weighted by Gasteiger charge is 2.40. The molecular formula is C19H19F2N5O2. The maximum Gasteiger partial charge on any atom is 0.265 e. The SMILES string of the molecule is CC(c1ccc(C(=O)NN)cc1)C(O)(Cn1cncn1)c1ccc(F)cc1F. The van der Waals surface area contributed by atoms with Crippen molar-refractivity contribution in [3.05, 3.63) is 83.4 Å². The molecule has 0 bridgehead atoms. The zero-order valence-electron chi connectivity index (χ0n) is 15.0. The number of aliphatic hydroxyl groups is 1. The van der Waals surface area contributed by atoms with Crippen LogP contribution in [-0.2, 0) is 12.1 Å². The van der Waals surface area contributed by atoms with E-state index in [0.29, 0.717) is 11.1 Å². The van der Waals surface area contributed by atoms with Gasteiger partial charge in [-0.05, 0) is 23.8 Å². The summed E-state index contributed by atoms with van der Waals surface area (Å²) < 4.78 is 29.3. The summed E-state index contributed by atoms with van der Waals surface area (Å²) in [6.07, 6.45) is 2.69. The lowest BCUT2D eigenvalue weighted by molar-refractivity contribution is -0.0112. The molecule has 146 valence electrons. The van der Waals surface area contributed by atoms with Gasteiger partial charge in [-0.2, -0.15) is 5.10 Å². The number of carbonyl (C=O) groups excluding carboxylic acids is 1. The molecule has 0 spiro atoms. The Hall–Kier alpha value is -3.17. The van der Waals surface area contributed by atoms with E-state index in [1.165, 1.54) is 23.4 Å². The number of hydrogen-bond acceptors (Lipinski definition) is 5. The quantitative estimate of drug-likeness (QED) is 0.340. The number of nitrogens with two attached hydrogens (primary N) is 1. The van der Waals surface area contributed by atoms with Gasteiger partial charge in [0.25, 0.3) is 5.91 Å². The predicted molar refractivity (Wildman–Crippen MR) is 96.8 cm³/mol. The van der Waals surface area contributed by atoms with Crippen LogP contribution in [0.15, 0.2) is 55.1 Å². The lowest BCUT2D eigenvalue weighted by Gasteiger charge is -2.35. The molecule has 4 N–H and O–H groups in total. The Morgan fingerprint density at radius 1 is 1.29 bits per heavy atom. The Labute approximate surface area is 159 Å². The number of hydrogen-bond donors (Lipinski definition) is 3. The van der Waals surface area contributed by atoms with Crippen molar-refractivity contribution in [1.82, 2.24) is 20.2 Å². The van der Waals surface area contributed by atoms with Crippen LogP contribution in [0.5, 0.6) is 0 Å². The molecule has 0 aliphatic heterocycles. The van der Waals surface area contributed by atoms with E-state index in [-0.39, 0.29) is 12.1 Å². The third-order valence-corrected chi connectivity index (χ3v) is 4.79. The van der Waals surface area contributed by atoms with Gasteiger partial charge in [-0.25, -0.2) is 24.3 Å². The largest absolute Gasteiger partial charge is 0.382 e. The third kappa shape index (κ3) is 3.75. The molecule has 0 saturated carbocycles. The molecule has 2 aromatic carbocycles. The number of amides is 1. The molecule has 7 nitrogen and oxygen atoms in total. The smallest absolute Gasteiger partial charge is 0.265 e. The van der Waals surface area contributed by atoms with Gasteiger partial charge < -0.3 is 5.11 Å². The topological polar surface area (TPSA) is 106 Å². The average molecular weight is 387 g/mol. The molecule has 1 amide bonds. The number of rotatable bonds is 6. The van der Waals surface area contributed by atoms with E-state index in [1.807, 2.05) is 5.43 Å². The number of nitrogen functional groups attached to an aromatic ring is 1. The van der Waals surface area contributed by atoms with Crippen molar-refractivity contribution in [2.45, 2.75) is 25.0 Å². The molecule has 2 atom stereocenters. The van der Waals surface area contributed by atoms with Gasteiger partial charge in [0.05, 0.1) is 6.54 Å². The van der Waals surface area contributed by atoms with Crippen molar-refractivity contribution in [3.63, 3.8) is 0 Å². The molecule has 1 aromatic heterocycles. The van der Waals surface area contributed by atoms with Gasteiger partial charge in [-0.1, -0.05) is 25.1 Å². The summed E-state index contributed by atoms with van der Waals surface area (Å²) in [5, 5.41) is 15.5. The summed E-state index contributed by atoms with van der Waals surface area (Å²) in [4.78, 5) is 15.5. The van der Waals surface area contributed by atoms with Gasteiger partial charge in [-0.15, -0.1) is 0 Å². The van der Waals surface area contributed by atoms with Crippen LogP contribution in [0, 0.1) is 11.6 Å². The molecule has 1 heterocycles. The van der Waals surface area contributed by atoms with Crippen LogP contribution >= 0.6 is 0 Å². The first-order valence-electron chi connectivity index (χ1n) is 8.46. The minimum atomic E-state index is -1.76.